The number of aliphatic carboxylic acids is 1. The van der Waals surface area contributed by atoms with Gasteiger partial charge in [-0.05, 0) is 69.8 Å². The van der Waals surface area contributed by atoms with E-state index < -0.39 is 38.8 Å². The molecule has 1 amide bonds. The molecule has 9 nitrogen and oxygen atoms in total. The third-order valence-electron chi connectivity index (χ3n) is 7.22. The van der Waals surface area contributed by atoms with Crippen LogP contribution in [0.15, 0.2) is 29.2 Å². The van der Waals surface area contributed by atoms with Gasteiger partial charge in [0.15, 0.2) is 0 Å². The monoisotopic (exact) mass is 619 g/mol. The molecule has 0 radical (unpaired) electrons. The quantitative estimate of drug-likeness (QED) is 0.351. The maximum atomic E-state index is 13.2. The zero-order valence-electron chi connectivity index (χ0n) is 22.7. The first-order valence-electron chi connectivity index (χ1n) is 12.9. The number of likely N-dealkylation sites (N-methyl/N-ethyl adjacent to an activating group) is 1. The lowest BCUT2D eigenvalue weighted by atomic mass is 9.79. The van der Waals surface area contributed by atoms with E-state index in [4.69, 9.17) is 14.6 Å². The van der Waals surface area contributed by atoms with Crippen molar-refractivity contribution in [3.63, 3.8) is 0 Å². The molecule has 1 aromatic rings. The molecule has 2 aliphatic rings. The van der Waals surface area contributed by atoms with E-state index in [1.807, 2.05) is 0 Å². The van der Waals surface area contributed by atoms with Gasteiger partial charge in [-0.25, -0.2) is 13.2 Å². The molecule has 0 aliphatic carbocycles. The fourth-order valence-corrected chi connectivity index (χ4v) is 6.14. The van der Waals surface area contributed by atoms with Crippen molar-refractivity contribution in [3.8, 4) is 0 Å². The fourth-order valence-electron chi connectivity index (χ4n) is 4.78. The summed E-state index contributed by atoms with van der Waals surface area (Å²) >= 11 is 0. The molecule has 1 aromatic carbocycles. The van der Waals surface area contributed by atoms with E-state index in [2.05, 4.69) is 11.9 Å². The van der Waals surface area contributed by atoms with Gasteiger partial charge in [-0.2, -0.15) is 30.6 Å². The molecule has 1 N–H and O–H groups in total. The van der Waals surface area contributed by atoms with E-state index in [9.17, 15) is 39.6 Å². The second kappa shape index (κ2) is 14.6. The van der Waals surface area contributed by atoms with Gasteiger partial charge in [0.25, 0.3) is 0 Å². The number of carboxylic acid groups (broad SMARTS) is 1. The second-order valence-electron chi connectivity index (χ2n) is 10.0. The van der Waals surface area contributed by atoms with Crippen molar-refractivity contribution in [2.45, 2.75) is 42.9 Å². The largest absolute Gasteiger partial charge is 0.490 e. The number of alkyl halides is 6. The van der Waals surface area contributed by atoms with Gasteiger partial charge < -0.3 is 19.6 Å². The van der Waals surface area contributed by atoms with Crippen molar-refractivity contribution in [2.75, 3.05) is 60.0 Å². The number of carboxylic acids is 1. The van der Waals surface area contributed by atoms with Crippen LogP contribution >= 0.6 is 0 Å². The number of nitrogens with zero attached hydrogens (tertiary/aromatic N) is 3. The van der Waals surface area contributed by atoms with Gasteiger partial charge in [-0.15, -0.1) is 0 Å². The number of hydrogen-bond donors (Lipinski definition) is 1. The van der Waals surface area contributed by atoms with E-state index >= 15 is 0 Å². The first-order valence-corrected chi connectivity index (χ1v) is 14.3. The van der Waals surface area contributed by atoms with E-state index in [1.54, 1.807) is 4.90 Å². The Morgan fingerprint density at radius 1 is 0.976 bits per heavy atom. The lowest BCUT2D eigenvalue weighted by Gasteiger charge is -2.39. The summed E-state index contributed by atoms with van der Waals surface area (Å²) in [5.74, 6) is -1.52. The Kier molecular flexibility index (Phi) is 12.4. The number of halogens is 6. The summed E-state index contributed by atoms with van der Waals surface area (Å²) in [5.41, 5.74) is -1.21. The first-order chi connectivity index (χ1) is 18.9. The molecule has 0 spiro atoms. The molecule has 2 aliphatic heterocycles. The van der Waals surface area contributed by atoms with Crippen LogP contribution in [0.1, 0.15) is 31.2 Å². The predicted molar refractivity (Wildman–Crippen MR) is 135 cm³/mol. The van der Waals surface area contributed by atoms with E-state index in [-0.39, 0.29) is 25.7 Å². The SMILES string of the molecule is CN1CCC(C2CCN(C(=O)COCCN(C)S(=O)(=O)c3ccccc3C(F)(F)F)CC2)CC1.O=C(O)C(F)(F)F. The second-order valence-corrected chi connectivity index (χ2v) is 12.0. The van der Waals surface area contributed by atoms with Gasteiger partial charge in [0.2, 0.25) is 15.9 Å². The molecule has 0 atom stereocenters. The molecule has 41 heavy (non-hydrogen) atoms. The van der Waals surface area contributed by atoms with E-state index in [1.165, 1.54) is 26.0 Å². The van der Waals surface area contributed by atoms with E-state index in [0.717, 1.165) is 54.4 Å². The van der Waals surface area contributed by atoms with Crippen LogP contribution in [-0.2, 0) is 30.5 Å². The molecular weight excluding hydrogens is 584 g/mol. The number of carbonyl (C=O) groups excluding carboxylic acids is 1. The highest BCUT2D eigenvalue weighted by Gasteiger charge is 2.39. The number of benzene rings is 1. The van der Waals surface area contributed by atoms with Crippen LogP contribution in [-0.4, -0.2) is 106 Å². The molecule has 0 saturated carbocycles. The molecule has 2 saturated heterocycles. The highest BCUT2D eigenvalue weighted by Crippen LogP contribution is 2.35. The van der Waals surface area contributed by atoms with Gasteiger partial charge in [-0.3, -0.25) is 4.79 Å². The number of rotatable bonds is 8. The third-order valence-corrected chi connectivity index (χ3v) is 9.14. The summed E-state index contributed by atoms with van der Waals surface area (Å²) in [6, 6.07) is 4.08. The number of ether oxygens (including phenoxy) is 1. The van der Waals surface area contributed by atoms with Gasteiger partial charge in [0, 0.05) is 26.7 Å². The molecular formula is C25H35F6N3O6S. The van der Waals surface area contributed by atoms with Crippen molar-refractivity contribution in [1.29, 1.82) is 0 Å². The number of amides is 1. The van der Waals surface area contributed by atoms with Crippen LogP contribution in [0.5, 0.6) is 0 Å². The molecule has 0 unspecified atom stereocenters. The number of likely N-dealkylation sites (tertiary alicyclic amines) is 2. The van der Waals surface area contributed by atoms with Crippen molar-refractivity contribution >= 4 is 21.9 Å². The third kappa shape index (κ3) is 10.4. The van der Waals surface area contributed by atoms with Crippen molar-refractivity contribution in [3.05, 3.63) is 29.8 Å². The Labute approximate surface area is 235 Å². The Balaban J connectivity index is 0.000000745. The number of carbonyl (C=O) groups is 2. The maximum Gasteiger partial charge on any atom is 0.490 e. The summed E-state index contributed by atoms with van der Waals surface area (Å²) in [5, 5.41) is 7.12. The zero-order chi connectivity index (χ0) is 31.0. The highest BCUT2D eigenvalue weighted by atomic mass is 32.2. The number of sulfonamides is 1. The molecule has 0 bridgehead atoms. The minimum absolute atomic E-state index is 0.0955. The first kappa shape index (κ1) is 34.8. The standard InChI is InChI=1S/C23H34F3N3O4S.C2HF3O2/c1-27-11-7-18(8-12-27)19-9-13-29(14-10-19)22(30)17-33-16-15-28(2)34(31,32)21-6-4-3-5-20(21)23(24,25)26;3-2(4,5)1(6)7/h3-6,18-19H,7-17H2,1-2H3;(H,6,7). The van der Waals surface area contributed by atoms with Crippen LogP contribution in [0, 0.1) is 11.8 Å². The van der Waals surface area contributed by atoms with Gasteiger partial charge >= 0.3 is 18.3 Å². The van der Waals surface area contributed by atoms with Crippen molar-refractivity contribution in [1.82, 2.24) is 14.1 Å². The minimum atomic E-state index is -5.08. The normalized spacial score (nSPS) is 18.2. The molecule has 0 aromatic heterocycles. The number of hydrogen-bond acceptors (Lipinski definition) is 6. The Morgan fingerprint density at radius 3 is 1.95 bits per heavy atom. The number of piperidine rings is 2. The van der Waals surface area contributed by atoms with Gasteiger partial charge in [0.05, 0.1) is 17.1 Å². The molecule has 16 heteroatoms. The van der Waals surface area contributed by atoms with Crippen LogP contribution in [0.25, 0.3) is 0 Å². The lowest BCUT2D eigenvalue weighted by molar-refractivity contribution is -0.192. The Morgan fingerprint density at radius 2 is 1.46 bits per heavy atom. The van der Waals surface area contributed by atoms with Crippen molar-refractivity contribution < 1.29 is 54.2 Å². The summed E-state index contributed by atoms with van der Waals surface area (Å²) in [4.78, 5) is 24.7. The van der Waals surface area contributed by atoms with Crippen LogP contribution in [0.2, 0.25) is 0 Å². The smallest absolute Gasteiger partial charge is 0.475 e. The van der Waals surface area contributed by atoms with Gasteiger partial charge in [-0.1, -0.05) is 12.1 Å². The summed E-state index contributed by atoms with van der Waals surface area (Å²) in [7, 11) is -1.02. The summed E-state index contributed by atoms with van der Waals surface area (Å²) in [6.07, 6.45) is -5.47. The topological polar surface area (TPSA) is 107 Å². The van der Waals surface area contributed by atoms with Gasteiger partial charge in [0.1, 0.15) is 6.61 Å². The Hall–Kier alpha value is -2.43. The molecule has 234 valence electrons. The highest BCUT2D eigenvalue weighted by molar-refractivity contribution is 7.89. The summed E-state index contributed by atoms with van der Waals surface area (Å²) < 4.78 is 103. The zero-order valence-corrected chi connectivity index (χ0v) is 23.6. The molecule has 2 heterocycles. The lowest BCUT2D eigenvalue weighted by Crippen LogP contribution is -2.43. The molecule has 2 fully saturated rings. The predicted octanol–water partition coefficient (Wildman–Crippen LogP) is 3.56. The van der Waals surface area contributed by atoms with Crippen molar-refractivity contribution in [2.24, 2.45) is 11.8 Å². The summed E-state index contributed by atoms with van der Waals surface area (Å²) in [6.45, 7) is 3.21. The average Bonchev–Trinajstić information content (AvgIpc) is 2.90. The minimum Gasteiger partial charge on any atom is -0.475 e. The fraction of sp³-hybridized carbons (Fsp3) is 0.680. The van der Waals surface area contributed by atoms with Crippen LogP contribution in [0.4, 0.5) is 26.3 Å². The van der Waals surface area contributed by atoms with Crippen LogP contribution < -0.4 is 0 Å². The molecule has 3 rings (SSSR count). The average molecular weight is 620 g/mol. The Bertz CT molecular complexity index is 1120. The van der Waals surface area contributed by atoms with E-state index in [0.29, 0.717) is 19.0 Å². The maximum absolute atomic E-state index is 13.2. The van der Waals surface area contributed by atoms with Crippen LogP contribution in [0.3, 0.4) is 0 Å².